The first-order valence-electron chi connectivity index (χ1n) is 0.995. The van der Waals surface area contributed by atoms with Gasteiger partial charge in [0, 0.05) is 0 Å². The van der Waals surface area contributed by atoms with Gasteiger partial charge in [-0.15, -0.1) is 6.57 Å². The van der Waals surface area contributed by atoms with E-state index in [0.717, 1.165) is 6.66 Å². The van der Waals surface area contributed by atoms with Crippen LogP contribution in [0.4, 0.5) is 0 Å². The predicted molar refractivity (Wildman–Crippen MR) is 20.9 cm³/mol. The van der Waals surface area contributed by atoms with E-state index in [9.17, 15) is 9.46 Å². The molecular weight excluding hydrogens is 153 g/mol. The van der Waals surface area contributed by atoms with Gasteiger partial charge in [-0.05, 0) is 6.66 Å². The Bertz CT molecular complexity index is 61.8. The maximum Gasteiger partial charge on any atom is 1.00 e. The van der Waals surface area contributed by atoms with E-state index < -0.39 is 6.57 Å². The third kappa shape index (κ3) is 56.6. The van der Waals surface area contributed by atoms with Crippen LogP contribution < -0.4 is 64.0 Å². The molecule has 0 amide bonds. The van der Waals surface area contributed by atoms with Crippen molar-refractivity contribution in [3.8, 4) is 0 Å². The monoisotopic (exact) mass is 156 g/mol. The topological polar surface area (TPSA) is 40.1 Å². The molecule has 0 aromatic carbocycles. The van der Waals surface area contributed by atoms with E-state index in [-0.39, 0.29) is 59.1 Å². The van der Waals surface area contributed by atoms with Crippen molar-refractivity contribution in [2.24, 2.45) is 0 Å². The zero-order valence-electron chi connectivity index (χ0n) is 4.67. The number of hydrogen-bond donors (Lipinski definition) is 0. The largest absolute Gasteiger partial charge is 1.00 e. The van der Waals surface area contributed by atoms with E-state index in [4.69, 9.17) is 0 Å². The zero-order valence-corrected chi connectivity index (χ0v) is 10.4. The molecule has 0 aliphatic rings. The SMILES string of the molecule is CP(=O)([O-])[S-].[Na+].[Na+]. The molecule has 6 heteroatoms. The van der Waals surface area contributed by atoms with Gasteiger partial charge in [0.2, 0.25) is 0 Å². The third-order valence-electron chi connectivity index (χ3n) is 0. The van der Waals surface area contributed by atoms with Crippen LogP contribution in [0.1, 0.15) is 0 Å². The van der Waals surface area contributed by atoms with Gasteiger partial charge in [-0.3, -0.25) is 0 Å². The normalized spacial score (nSPS) is 15.3. The van der Waals surface area contributed by atoms with Crippen LogP contribution in [0.2, 0.25) is 0 Å². The van der Waals surface area contributed by atoms with Gasteiger partial charge in [-0.1, -0.05) is 0 Å². The van der Waals surface area contributed by atoms with E-state index in [1.54, 1.807) is 0 Å². The average molecular weight is 156 g/mol. The molecule has 0 rings (SSSR count). The third-order valence-corrected chi connectivity index (χ3v) is 0. The molecule has 0 bridgehead atoms. The first-order valence-corrected chi connectivity index (χ1v) is 4.08. The number of rotatable bonds is 0. The molecule has 0 N–H and O–H groups in total. The molecule has 0 aliphatic heterocycles. The van der Waals surface area contributed by atoms with Crippen molar-refractivity contribution in [1.29, 1.82) is 0 Å². The fourth-order valence-electron chi connectivity index (χ4n) is 0. The summed E-state index contributed by atoms with van der Waals surface area (Å²) >= 11 is 3.83. The van der Waals surface area contributed by atoms with Crippen molar-refractivity contribution in [3.05, 3.63) is 0 Å². The molecular formula is CH3Na2O2PS. The summed E-state index contributed by atoms with van der Waals surface area (Å²) in [5, 5.41) is 0. The minimum atomic E-state index is -3.31. The predicted octanol–water partition coefficient (Wildman–Crippen LogP) is -6.28. The number of hydrogen-bond acceptors (Lipinski definition) is 3. The Morgan fingerprint density at radius 2 is 1.57 bits per heavy atom. The Kier molecular flexibility index (Phi) is 15.5. The Balaban J connectivity index is -0.0000000800. The van der Waals surface area contributed by atoms with Crippen molar-refractivity contribution in [3.63, 3.8) is 0 Å². The van der Waals surface area contributed by atoms with Gasteiger partial charge in [-0.2, -0.15) is 0 Å². The Labute approximate surface area is 92.6 Å². The van der Waals surface area contributed by atoms with Crippen LogP contribution in [0, 0.1) is 0 Å². The van der Waals surface area contributed by atoms with Crippen molar-refractivity contribution < 1.29 is 68.6 Å². The second kappa shape index (κ2) is 6.66. The van der Waals surface area contributed by atoms with Crippen LogP contribution in [0.15, 0.2) is 0 Å². The molecule has 0 fully saturated rings. The molecule has 0 saturated heterocycles. The van der Waals surface area contributed by atoms with Crippen molar-refractivity contribution in [2.45, 2.75) is 0 Å². The van der Waals surface area contributed by atoms with E-state index in [0.29, 0.717) is 0 Å². The summed E-state index contributed by atoms with van der Waals surface area (Å²) in [6, 6.07) is 0. The minimum absolute atomic E-state index is 0. The molecule has 32 valence electrons. The first kappa shape index (κ1) is 16.3. The summed E-state index contributed by atoms with van der Waals surface area (Å²) in [6.45, 7) is -2.30. The van der Waals surface area contributed by atoms with Gasteiger partial charge in [0.15, 0.2) is 0 Å². The molecule has 1 atom stereocenters. The van der Waals surface area contributed by atoms with Crippen LogP contribution in [-0.2, 0) is 16.8 Å². The maximum absolute atomic E-state index is 9.47. The van der Waals surface area contributed by atoms with Gasteiger partial charge < -0.3 is 21.7 Å². The summed E-state index contributed by atoms with van der Waals surface area (Å²) in [5.74, 6) is 0. The van der Waals surface area contributed by atoms with E-state index in [1.807, 2.05) is 0 Å². The average Bonchev–Trinajstić information content (AvgIpc) is 0.722. The molecule has 2 nitrogen and oxygen atoms in total. The molecule has 0 heterocycles. The molecule has 0 aromatic heterocycles. The van der Waals surface area contributed by atoms with Gasteiger partial charge in [0.1, 0.15) is 0 Å². The van der Waals surface area contributed by atoms with Crippen molar-refractivity contribution >= 4 is 18.8 Å². The summed E-state index contributed by atoms with van der Waals surface area (Å²) in [4.78, 5) is 9.47. The van der Waals surface area contributed by atoms with Crippen LogP contribution >= 0.6 is 6.57 Å². The second-order valence-corrected chi connectivity index (χ2v) is 4.30. The summed E-state index contributed by atoms with van der Waals surface area (Å²) in [6.07, 6.45) is 0. The van der Waals surface area contributed by atoms with Crippen molar-refractivity contribution in [1.82, 2.24) is 0 Å². The summed E-state index contributed by atoms with van der Waals surface area (Å²) in [7, 11) is 0. The van der Waals surface area contributed by atoms with Gasteiger partial charge >= 0.3 is 59.1 Å². The molecule has 7 heavy (non-hydrogen) atoms. The van der Waals surface area contributed by atoms with Crippen LogP contribution in [0.3, 0.4) is 0 Å². The molecule has 0 aromatic rings. The van der Waals surface area contributed by atoms with Crippen LogP contribution in [0.5, 0.6) is 0 Å². The Morgan fingerprint density at radius 3 is 1.57 bits per heavy atom. The summed E-state index contributed by atoms with van der Waals surface area (Å²) < 4.78 is 9.47. The van der Waals surface area contributed by atoms with Gasteiger partial charge in [0.25, 0.3) is 0 Å². The Morgan fingerprint density at radius 1 is 1.57 bits per heavy atom. The van der Waals surface area contributed by atoms with E-state index in [2.05, 4.69) is 12.2 Å². The fraction of sp³-hybridized carbons (Fsp3) is 1.00. The van der Waals surface area contributed by atoms with Gasteiger partial charge in [-0.25, -0.2) is 0 Å². The Hall–Kier alpha value is 2.54. The molecule has 1 unspecified atom stereocenters. The molecule has 0 radical (unpaired) electrons. The first-order chi connectivity index (χ1) is 2.00. The minimum Gasteiger partial charge on any atom is -0.817 e. The standard InChI is InChI=1S/CH5O2PS.2Na/c1-4(2,3)5;;/h1H3,(H2,2,3,5);;/q;2*+1/p-2. The van der Waals surface area contributed by atoms with Crippen molar-refractivity contribution in [2.75, 3.05) is 6.66 Å². The fourth-order valence-corrected chi connectivity index (χ4v) is 0. The smallest absolute Gasteiger partial charge is 0.817 e. The zero-order chi connectivity index (χ0) is 4.50. The second-order valence-electron chi connectivity index (χ2n) is 0.771. The maximum atomic E-state index is 9.47. The quantitative estimate of drug-likeness (QED) is 0.199. The van der Waals surface area contributed by atoms with E-state index in [1.165, 1.54) is 0 Å². The molecule has 0 aliphatic carbocycles. The summed E-state index contributed by atoms with van der Waals surface area (Å²) in [5.41, 5.74) is 0. The molecule has 0 spiro atoms. The van der Waals surface area contributed by atoms with Crippen LogP contribution in [-0.4, -0.2) is 6.66 Å². The molecule has 0 saturated carbocycles. The van der Waals surface area contributed by atoms with E-state index >= 15 is 0 Å². The van der Waals surface area contributed by atoms with Gasteiger partial charge in [0.05, 0.1) is 0 Å². The van der Waals surface area contributed by atoms with Crippen LogP contribution in [0.25, 0.3) is 0 Å².